The summed E-state index contributed by atoms with van der Waals surface area (Å²) in [5.74, 6) is -3.64. The molecular weight excluding hydrogens is 384 g/mol. The fraction of sp³-hybridized carbons (Fsp3) is 0.200. The van der Waals surface area contributed by atoms with Crippen LogP contribution in [0.1, 0.15) is 23.2 Å². The summed E-state index contributed by atoms with van der Waals surface area (Å²) in [7, 11) is 1.06. The number of carbonyl (C=O) groups is 2. The number of halogens is 2. The third-order valence-corrected chi connectivity index (χ3v) is 4.27. The molecule has 0 aliphatic carbocycles. The third kappa shape index (κ3) is 4.45. The largest absolute Gasteiger partial charge is 0.465 e. The molecule has 0 aliphatic rings. The average molecular weight is 401 g/mol. The number of hydrogen-bond acceptors (Lipinski definition) is 5. The summed E-state index contributed by atoms with van der Waals surface area (Å²) in [4.78, 5) is 40.2. The highest BCUT2D eigenvalue weighted by atomic mass is 19.1. The van der Waals surface area contributed by atoms with Gasteiger partial charge in [-0.25, -0.2) is 18.6 Å². The molecule has 1 heterocycles. The van der Waals surface area contributed by atoms with Crippen molar-refractivity contribution in [2.45, 2.75) is 19.4 Å². The molecule has 3 rings (SSSR count). The smallest absolute Gasteiger partial charge is 0.340 e. The van der Waals surface area contributed by atoms with Crippen LogP contribution in [0.3, 0.4) is 0 Å². The molecule has 0 spiro atoms. The molecule has 2 aromatic carbocycles. The van der Waals surface area contributed by atoms with E-state index in [1.165, 1.54) is 10.9 Å². The molecular formula is C20H17F2N3O4. The van der Waals surface area contributed by atoms with E-state index in [-0.39, 0.29) is 24.2 Å². The molecule has 0 aliphatic heterocycles. The zero-order valence-corrected chi connectivity index (χ0v) is 15.4. The number of methoxy groups -OCH3 is 1. The van der Waals surface area contributed by atoms with Gasteiger partial charge >= 0.3 is 5.97 Å². The van der Waals surface area contributed by atoms with E-state index in [4.69, 9.17) is 0 Å². The lowest BCUT2D eigenvalue weighted by Crippen LogP contribution is -2.22. The van der Waals surface area contributed by atoms with Crippen molar-refractivity contribution >= 4 is 28.5 Å². The van der Waals surface area contributed by atoms with Crippen LogP contribution in [-0.2, 0) is 16.1 Å². The topological polar surface area (TPSA) is 90.3 Å². The number of nitrogens with one attached hydrogen (secondary N) is 1. The van der Waals surface area contributed by atoms with E-state index in [0.717, 1.165) is 13.2 Å². The highest BCUT2D eigenvalue weighted by molar-refractivity contribution is 5.94. The Balaban J connectivity index is 1.64. The van der Waals surface area contributed by atoms with Gasteiger partial charge in [-0.3, -0.25) is 14.2 Å². The predicted molar refractivity (Wildman–Crippen MR) is 102 cm³/mol. The monoisotopic (exact) mass is 401 g/mol. The van der Waals surface area contributed by atoms with Crippen LogP contribution in [0.15, 0.2) is 47.5 Å². The van der Waals surface area contributed by atoms with Gasteiger partial charge in [0.1, 0.15) is 11.6 Å². The Morgan fingerprint density at radius 3 is 2.69 bits per heavy atom. The van der Waals surface area contributed by atoms with Crippen molar-refractivity contribution in [3.05, 3.63) is 70.3 Å². The normalized spacial score (nSPS) is 10.7. The van der Waals surface area contributed by atoms with Crippen LogP contribution in [-0.4, -0.2) is 28.5 Å². The number of fused-ring (bicyclic) bond motifs is 1. The van der Waals surface area contributed by atoms with E-state index >= 15 is 0 Å². The van der Waals surface area contributed by atoms with Crippen LogP contribution in [0, 0.1) is 11.6 Å². The Morgan fingerprint density at radius 1 is 1.17 bits per heavy atom. The lowest BCUT2D eigenvalue weighted by molar-refractivity contribution is -0.116. The molecule has 29 heavy (non-hydrogen) atoms. The SMILES string of the molecule is COC(=O)c1cc(NC(=O)CCCn2cnc3ccccc3c2=O)c(F)cc1F. The number of amides is 1. The second-order valence-corrected chi connectivity index (χ2v) is 6.22. The van der Waals surface area contributed by atoms with Crippen LogP contribution in [0.5, 0.6) is 0 Å². The Kier molecular flexibility index (Phi) is 5.96. The summed E-state index contributed by atoms with van der Waals surface area (Å²) in [6, 6.07) is 8.30. The first-order valence-electron chi connectivity index (χ1n) is 8.72. The molecule has 0 fully saturated rings. The zero-order valence-electron chi connectivity index (χ0n) is 15.4. The molecule has 0 bridgehead atoms. The molecule has 0 radical (unpaired) electrons. The van der Waals surface area contributed by atoms with Gasteiger partial charge in [-0.15, -0.1) is 0 Å². The van der Waals surface area contributed by atoms with E-state index < -0.39 is 29.1 Å². The molecule has 0 unspecified atom stereocenters. The Morgan fingerprint density at radius 2 is 1.93 bits per heavy atom. The van der Waals surface area contributed by atoms with Crippen molar-refractivity contribution in [1.82, 2.24) is 9.55 Å². The number of para-hydroxylation sites is 1. The number of anilines is 1. The molecule has 0 saturated carbocycles. The summed E-state index contributed by atoms with van der Waals surface area (Å²) in [6.45, 7) is 0.239. The minimum absolute atomic E-state index is 0.0242. The van der Waals surface area contributed by atoms with E-state index in [1.807, 2.05) is 0 Å². The lowest BCUT2D eigenvalue weighted by atomic mass is 10.1. The fourth-order valence-electron chi connectivity index (χ4n) is 2.80. The van der Waals surface area contributed by atoms with Gasteiger partial charge in [0.05, 0.1) is 35.6 Å². The van der Waals surface area contributed by atoms with Crippen LogP contribution in [0.25, 0.3) is 10.9 Å². The molecule has 1 aromatic heterocycles. The van der Waals surface area contributed by atoms with E-state index in [1.54, 1.807) is 24.3 Å². The summed E-state index contributed by atoms with van der Waals surface area (Å²) >= 11 is 0. The number of hydrogen-bond donors (Lipinski definition) is 1. The van der Waals surface area contributed by atoms with E-state index in [2.05, 4.69) is 15.0 Å². The highest BCUT2D eigenvalue weighted by Gasteiger charge is 2.17. The Bertz CT molecular complexity index is 1140. The molecule has 150 valence electrons. The Hall–Kier alpha value is -3.62. The van der Waals surface area contributed by atoms with Crippen molar-refractivity contribution in [2.24, 2.45) is 0 Å². The standard InChI is InChI=1S/C20H17F2N3O4/c1-29-20(28)13-9-17(15(22)10-14(13)21)24-18(26)7-4-8-25-11-23-16-6-3-2-5-12(16)19(25)27/h2-3,5-6,9-11H,4,7-8H2,1H3,(H,24,26). The van der Waals surface area contributed by atoms with Crippen molar-refractivity contribution in [2.75, 3.05) is 12.4 Å². The number of nitrogens with zero attached hydrogens (tertiary/aromatic N) is 2. The maximum atomic E-state index is 13.9. The number of esters is 1. The van der Waals surface area contributed by atoms with E-state index in [0.29, 0.717) is 23.4 Å². The quantitative estimate of drug-likeness (QED) is 0.642. The molecule has 1 N–H and O–H groups in total. The Labute approximate surface area is 163 Å². The fourth-order valence-corrected chi connectivity index (χ4v) is 2.80. The predicted octanol–water partition coefficient (Wildman–Crippen LogP) is 2.88. The maximum Gasteiger partial charge on any atom is 0.340 e. The van der Waals surface area contributed by atoms with Gasteiger partial charge in [0, 0.05) is 19.0 Å². The highest BCUT2D eigenvalue weighted by Crippen LogP contribution is 2.20. The number of aryl methyl sites for hydroxylation is 1. The third-order valence-electron chi connectivity index (χ3n) is 4.27. The van der Waals surface area contributed by atoms with Gasteiger partial charge in [0.2, 0.25) is 5.91 Å². The minimum atomic E-state index is -1.09. The minimum Gasteiger partial charge on any atom is -0.465 e. The van der Waals surface area contributed by atoms with Crippen molar-refractivity contribution < 1.29 is 23.1 Å². The lowest BCUT2D eigenvalue weighted by Gasteiger charge is -2.10. The number of carbonyl (C=O) groups excluding carboxylic acids is 2. The van der Waals surface area contributed by atoms with Gasteiger partial charge in [0.15, 0.2) is 0 Å². The first kappa shape index (κ1) is 20.1. The van der Waals surface area contributed by atoms with Gasteiger partial charge in [-0.2, -0.15) is 0 Å². The van der Waals surface area contributed by atoms with Crippen LogP contribution < -0.4 is 10.9 Å². The summed E-state index contributed by atoms with van der Waals surface area (Å²) in [6.07, 6.45) is 1.67. The number of ether oxygens (including phenoxy) is 1. The van der Waals surface area contributed by atoms with Gasteiger partial charge in [-0.05, 0) is 24.6 Å². The van der Waals surface area contributed by atoms with Crippen molar-refractivity contribution in [3.63, 3.8) is 0 Å². The van der Waals surface area contributed by atoms with Gasteiger partial charge in [0.25, 0.3) is 5.56 Å². The average Bonchev–Trinajstić information content (AvgIpc) is 2.71. The maximum absolute atomic E-state index is 13.9. The van der Waals surface area contributed by atoms with Gasteiger partial charge < -0.3 is 10.1 Å². The number of benzene rings is 2. The molecule has 1 amide bonds. The molecule has 0 atom stereocenters. The molecule has 3 aromatic rings. The summed E-state index contributed by atoms with van der Waals surface area (Å²) in [5.41, 5.74) is -0.456. The second kappa shape index (κ2) is 8.59. The zero-order chi connectivity index (χ0) is 21.0. The first-order chi connectivity index (χ1) is 13.9. The van der Waals surface area contributed by atoms with Gasteiger partial charge in [-0.1, -0.05) is 12.1 Å². The van der Waals surface area contributed by atoms with Crippen molar-refractivity contribution in [1.29, 1.82) is 0 Å². The van der Waals surface area contributed by atoms with Crippen LogP contribution >= 0.6 is 0 Å². The summed E-state index contributed by atoms with van der Waals surface area (Å²) < 4.78 is 33.4. The van der Waals surface area contributed by atoms with Crippen molar-refractivity contribution in [3.8, 4) is 0 Å². The van der Waals surface area contributed by atoms with E-state index in [9.17, 15) is 23.2 Å². The van der Waals surface area contributed by atoms with Crippen LogP contribution in [0.4, 0.5) is 14.5 Å². The molecule has 9 heteroatoms. The second-order valence-electron chi connectivity index (χ2n) is 6.22. The van der Waals surface area contributed by atoms with Crippen LogP contribution in [0.2, 0.25) is 0 Å². The number of aromatic nitrogens is 2. The first-order valence-corrected chi connectivity index (χ1v) is 8.72. The number of rotatable bonds is 6. The molecule has 0 saturated heterocycles. The summed E-state index contributed by atoms with van der Waals surface area (Å²) in [5, 5.41) is 2.77. The molecule has 7 nitrogen and oxygen atoms in total.